The molecule has 0 spiro atoms. The SMILES string of the molecule is c1ccc2c(c1)B1N(c3ccc4oc5ccccc5c4c3)c3ccccc3N1c1occc1-2.c1ccc2c(c1)B1N(c3ccc4oc5ccccc5c4c3)c3ccccc3N1c1sccc1-2.c1ccc2c(c1)B1N(c3ccc4sc5ccccc5c4c3)c3ccccc3N1c1sccc1-2.c1ccc2c(c1)B1N(c3ccccc3N1c1cccc3c1sc1ccccc13)c1occc1-2. The van der Waals surface area contributed by atoms with Crippen LogP contribution in [0, 0.1) is 0 Å². The molecule has 0 amide bonds. The zero-order valence-electron chi connectivity index (χ0n) is 70.4. The van der Waals surface area contributed by atoms with Crippen molar-refractivity contribution in [1.29, 1.82) is 0 Å². The number of fused-ring (bicyclic) bond motifs is 44. The summed E-state index contributed by atoms with van der Waals surface area (Å²) in [7, 11) is 0. The Hall–Kier alpha value is -15.8. The van der Waals surface area contributed by atoms with Gasteiger partial charge in [0.1, 0.15) is 22.3 Å². The van der Waals surface area contributed by atoms with E-state index in [1.54, 1.807) is 6.26 Å². The molecular weight excluding hydrogens is 1690 g/mol. The lowest BCUT2D eigenvalue weighted by Crippen LogP contribution is -2.55. The molecule has 24 aromatic rings. The van der Waals surface area contributed by atoms with E-state index in [2.05, 4.69) is 413 Å². The highest BCUT2D eigenvalue weighted by molar-refractivity contribution is 7.27. The number of thiophene rings is 4. The number of hydrogen-bond donors (Lipinski definition) is 0. The Morgan fingerprint density at radius 3 is 1.01 bits per heavy atom. The van der Waals surface area contributed by atoms with E-state index in [4.69, 9.17) is 17.7 Å². The second-order valence-electron chi connectivity index (χ2n) is 34.4. The number of hydrogen-bond acceptors (Lipinski definition) is 16. The highest BCUT2D eigenvalue weighted by Crippen LogP contribution is 2.59. The maximum Gasteiger partial charge on any atom is 0.423 e. The summed E-state index contributed by atoms with van der Waals surface area (Å²) in [6.07, 6.45) is 3.60. The molecule has 0 N–H and O–H groups in total. The van der Waals surface area contributed by atoms with E-state index in [0.29, 0.717) is 0 Å². The van der Waals surface area contributed by atoms with Crippen molar-refractivity contribution < 1.29 is 17.7 Å². The van der Waals surface area contributed by atoms with Crippen molar-refractivity contribution in [3.8, 4) is 44.5 Å². The number of para-hydroxylation sites is 10. The molecule has 32 rings (SSSR count). The highest BCUT2D eigenvalue weighted by atomic mass is 32.1. The topological polar surface area (TPSA) is 78.5 Å². The van der Waals surface area contributed by atoms with Gasteiger partial charge in [0.05, 0.1) is 72.7 Å². The molecule has 0 atom stereocenters. The van der Waals surface area contributed by atoms with Gasteiger partial charge in [-0.1, -0.05) is 231 Å². The molecule has 0 aliphatic carbocycles. The van der Waals surface area contributed by atoms with Crippen molar-refractivity contribution in [1.82, 2.24) is 0 Å². The Morgan fingerprint density at radius 2 is 0.530 bits per heavy atom. The summed E-state index contributed by atoms with van der Waals surface area (Å²) in [6.45, 7) is 0.133. The molecule has 0 unspecified atom stereocenters. The van der Waals surface area contributed by atoms with Gasteiger partial charge in [-0.25, -0.2) is 0 Å². The van der Waals surface area contributed by atoms with Crippen LogP contribution in [0.5, 0.6) is 0 Å². The van der Waals surface area contributed by atoms with Gasteiger partial charge in [-0.05, 0) is 213 Å². The first-order chi connectivity index (χ1) is 65.5. The molecule has 12 nitrogen and oxygen atoms in total. The summed E-state index contributed by atoms with van der Waals surface area (Å²) in [5.41, 5.74) is 33.4. The smallest absolute Gasteiger partial charge is 0.423 e. The molecule has 16 heterocycles. The molecule has 0 fully saturated rings. The Bertz CT molecular complexity index is 8290. The summed E-state index contributed by atoms with van der Waals surface area (Å²) in [5, 5.41) is 16.9. The van der Waals surface area contributed by atoms with Crippen LogP contribution in [0.15, 0.2) is 429 Å². The van der Waals surface area contributed by atoms with Crippen LogP contribution in [0.3, 0.4) is 0 Å². The van der Waals surface area contributed by atoms with Crippen molar-refractivity contribution in [2.24, 2.45) is 0 Å². The van der Waals surface area contributed by atoms with Crippen molar-refractivity contribution in [2.45, 2.75) is 0 Å². The fraction of sp³-hybridized carbons (Fsp3) is 0. The molecule has 20 heteroatoms. The number of anilines is 16. The van der Waals surface area contributed by atoms with Gasteiger partial charge in [0.25, 0.3) is 0 Å². The first kappa shape index (κ1) is 74.1. The summed E-state index contributed by atoms with van der Waals surface area (Å²) in [5.74, 6) is 1.81. The van der Waals surface area contributed by atoms with Crippen LogP contribution in [0.4, 0.5) is 90.0 Å². The maximum atomic E-state index is 6.11. The highest BCUT2D eigenvalue weighted by Gasteiger charge is 2.54. The van der Waals surface area contributed by atoms with E-state index in [9.17, 15) is 0 Å². The van der Waals surface area contributed by atoms with Crippen LogP contribution in [0.2, 0.25) is 0 Å². The second kappa shape index (κ2) is 28.8. The van der Waals surface area contributed by atoms with Crippen LogP contribution >= 0.6 is 45.3 Å². The Morgan fingerprint density at radius 1 is 0.205 bits per heavy atom. The number of benzene rings is 16. The first-order valence-electron chi connectivity index (χ1n) is 44.6. The van der Waals surface area contributed by atoms with Crippen molar-refractivity contribution >= 4 is 269 Å². The third kappa shape index (κ3) is 10.7. The minimum Gasteiger partial charge on any atom is -0.456 e. The first-order valence-corrected chi connectivity index (χ1v) is 48.0. The summed E-state index contributed by atoms with van der Waals surface area (Å²) in [4.78, 5) is 19.7. The number of nitrogens with zero attached hydrogens (tertiary/aromatic N) is 8. The molecule has 616 valence electrons. The molecule has 8 aliphatic rings. The third-order valence-electron chi connectivity index (χ3n) is 27.7. The van der Waals surface area contributed by atoms with Gasteiger partial charge in [0.2, 0.25) is 0 Å². The fourth-order valence-electron chi connectivity index (χ4n) is 22.3. The van der Waals surface area contributed by atoms with Gasteiger partial charge < -0.3 is 56.2 Å². The van der Waals surface area contributed by atoms with Gasteiger partial charge in [0.15, 0.2) is 11.8 Å². The largest absolute Gasteiger partial charge is 0.456 e. The van der Waals surface area contributed by atoms with Crippen molar-refractivity contribution in [2.75, 3.05) is 38.5 Å². The van der Waals surface area contributed by atoms with Gasteiger partial charge in [-0.3, -0.25) is 0 Å². The normalized spacial score (nSPS) is 13.9. The van der Waals surface area contributed by atoms with E-state index >= 15 is 0 Å². The molecule has 8 aromatic heterocycles. The van der Waals surface area contributed by atoms with Crippen LogP contribution in [-0.4, -0.2) is 27.9 Å². The molecule has 8 aliphatic heterocycles. The van der Waals surface area contributed by atoms with Crippen LogP contribution in [0.25, 0.3) is 129 Å². The second-order valence-corrected chi connectivity index (χ2v) is 38.3. The summed E-state index contributed by atoms with van der Waals surface area (Å²) in [6, 6.07) is 139. The third-order valence-corrected chi connectivity index (χ3v) is 31.9. The molecule has 0 bridgehead atoms. The molecule has 0 radical (unpaired) electrons. The van der Waals surface area contributed by atoms with Crippen LogP contribution in [-0.2, 0) is 0 Å². The Balaban J connectivity index is 0.0000000862. The molecular formula is C112H68B4N8O4S4. The summed E-state index contributed by atoms with van der Waals surface area (Å²) < 4.78 is 29.7. The maximum absolute atomic E-state index is 6.11. The lowest BCUT2D eigenvalue weighted by molar-refractivity contribution is 0.577. The molecule has 16 aromatic carbocycles. The van der Waals surface area contributed by atoms with Crippen molar-refractivity contribution in [3.63, 3.8) is 0 Å². The molecule has 132 heavy (non-hydrogen) atoms. The zero-order chi connectivity index (χ0) is 86.1. The molecule has 0 saturated heterocycles. The Kier molecular flexibility index (Phi) is 16.2. The zero-order valence-corrected chi connectivity index (χ0v) is 73.7. The molecule has 0 saturated carbocycles. The summed E-state index contributed by atoms with van der Waals surface area (Å²) >= 11 is 7.40. The lowest BCUT2D eigenvalue weighted by atomic mass is 9.60. The predicted molar refractivity (Wildman–Crippen MR) is 558 cm³/mol. The van der Waals surface area contributed by atoms with Gasteiger partial charge in [-0.2, -0.15) is 0 Å². The van der Waals surface area contributed by atoms with Gasteiger partial charge >= 0.3 is 27.9 Å². The quantitative estimate of drug-likeness (QED) is 0.158. The van der Waals surface area contributed by atoms with E-state index in [1.807, 2.05) is 75.9 Å². The van der Waals surface area contributed by atoms with Crippen LogP contribution in [0.1, 0.15) is 0 Å². The van der Waals surface area contributed by atoms with E-state index in [0.717, 1.165) is 83.8 Å². The Labute approximate surface area is 775 Å². The number of furan rings is 4. The average Bonchev–Trinajstić information content (AvgIpc) is 1.55. The lowest BCUT2D eigenvalue weighted by Gasteiger charge is -2.34. The minimum absolute atomic E-state index is 0.00642. The fourth-order valence-corrected chi connectivity index (χ4v) is 26.5. The minimum atomic E-state index is -0.0344. The van der Waals surface area contributed by atoms with Crippen molar-refractivity contribution in [3.05, 3.63) is 412 Å². The standard InChI is InChI=1S/C28H17BN2O2.2C28H17BN2OS.C28H17BN2S2/c1-3-9-23-19(7-1)21-15-16-32-28(21)31-25-11-5-4-10-24(25)30(29(23)31)18-13-14-27-22(17-18)20-8-2-6-12-26(20)33-27;1-3-11-22-18(8-1)21-16-17-32-28(21)31-24-13-5-4-12-23(24)30(29(22)31)25-14-7-10-20-19-9-2-6-15-26(19)33-27(20)25;1-3-9-23-19(7-1)21-15-16-33-28(21)31-25-11-5-4-10-24(25)30(29(23)31)18-13-14-27-22(17-18)20-8-2-6-12-26(20)32-27;1-3-9-23-19(7-1)21-15-16-32-28(21)31-25-11-5-4-10-24(25)30(29(23)31)18-13-14-27-22(17-18)20-8-2-6-12-26(20)33-27/h4*1-17H. The monoisotopic (exact) mass is 1760 g/mol. The van der Waals surface area contributed by atoms with Crippen LogP contribution < -0.4 is 60.3 Å². The van der Waals surface area contributed by atoms with E-state index in [1.165, 1.54) is 157 Å². The van der Waals surface area contributed by atoms with E-state index < -0.39 is 0 Å². The van der Waals surface area contributed by atoms with Gasteiger partial charge in [0, 0.05) is 102 Å². The van der Waals surface area contributed by atoms with Gasteiger partial charge in [-0.15, -0.1) is 45.3 Å². The van der Waals surface area contributed by atoms with E-state index in [-0.39, 0.29) is 27.9 Å². The predicted octanol–water partition coefficient (Wildman–Crippen LogP) is 29.3. The number of rotatable bonds is 4. The average molecular weight is 1760 g/mol.